The third-order valence-corrected chi connectivity index (χ3v) is 5.17. The van der Waals surface area contributed by atoms with E-state index >= 15 is 0 Å². The molecular formula is C25H27NO4. The van der Waals surface area contributed by atoms with Crippen molar-refractivity contribution in [2.75, 3.05) is 0 Å². The SMILES string of the molecule is CC(C)C[C@H](NC(Cc1cccc(-c2cccc3ccccc23)c1)C(=O)O)C(=O)O. The van der Waals surface area contributed by atoms with Crippen molar-refractivity contribution in [3.63, 3.8) is 0 Å². The van der Waals surface area contributed by atoms with Gasteiger partial charge in [0.25, 0.3) is 0 Å². The maximum Gasteiger partial charge on any atom is 0.321 e. The van der Waals surface area contributed by atoms with Crippen LogP contribution in [0.1, 0.15) is 25.8 Å². The molecule has 2 atom stereocenters. The summed E-state index contributed by atoms with van der Waals surface area (Å²) in [6, 6.07) is 20.2. The van der Waals surface area contributed by atoms with Crippen LogP contribution in [0.3, 0.4) is 0 Å². The van der Waals surface area contributed by atoms with Crippen LogP contribution in [0.15, 0.2) is 66.7 Å². The van der Waals surface area contributed by atoms with Crippen molar-refractivity contribution in [1.29, 1.82) is 0 Å². The van der Waals surface area contributed by atoms with Crippen molar-refractivity contribution in [1.82, 2.24) is 5.32 Å². The minimum absolute atomic E-state index is 0.141. The first kappa shape index (κ1) is 21.5. The third kappa shape index (κ3) is 5.24. The zero-order valence-corrected chi connectivity index (χ0v) is 17.2. The van der Waals surface area contributed by atoms with Gasteiger partial charge in [0.2, 0.25) is 0 Å². The average Bonchev–Trinajstić information content (AvgIpc) is 2.72. The van der Waals surface area contributed by atoms with Gasteiger partial charge in [0.05, 0.1) is 0 Å². The summed E-state index contributed by atoms with van der Waals surface area (Å²) in [6.07, 6.45) is 0.574. The first-order chi connectivity index (χ1) is 14.3. The minimum atomic E-state index is -1.06. The van der Waals surface area contributed by atoms with Crippen molar-refractivity contribution < 1.29 is 19.8 Å². The molecule has 5 heteroatoms. The highest BCUT2D eigenvalue weighted by Gasteiger charge is 2.26. The topological polar surface area (TPSA) is 86.6 Å². The van der Waals surface area contributed by atoms with E-state index in [1.807, 2.05) is 56.3 Å². The molecule has 0 aromatic heterocycles. The molecule has 3 rings (SSSR count). The minimum Gasteiger partial charge on any atom is -0.480 e. The highest BCUT2D eigenvalue weighted by molar-refractivity contribution is 5.96. The van der Waals surface area contributed by atoms with Crippen molar-refractivity contribution in [3.8, 4) is 11.1 Å². The fourth-order valence-corrected chi connectivity index (χ4v) is 3.75. The molecule has 0 radical (unpaired) electrons. The van der Waals surface area contributed by atoms with E-state index in [2.05, 4.69) is 29.6 Å². The molecule has 0 amide bonds. The van der Waals surface area contributed by atoms with Crippen molar-refractivity contribution in [2.45, 2.75) is 38.8 Å². The van der Waals surface area contributed by atoms with Crippen LogP contribution in [0.25, 0.3) is 21.9 Å². The van der Waals surface area contributed by atoms with Crippen LogP contribution >= 0.6 is 0 Å². The van der Waals surface area contributed by atoms with Gasteiger partial charge in [-0.1, -0.05) is 80.6 Å². The quantitative estimate of drug-likeness (QED) is 0.485. The summed E-state index contributed by atoms with van der Waals surface area (Å²) in [4.78, 5) is 23.4. The maximum atomic E-state index is 11.8. The summed E-state index contributed by atoms with van der Waals surface area (Å²) in [5, 5.41) is 24.2. The van der Waals surface area contributed by atoms with Gasteiger partial charge < -0.3 is 10.2 Å². The zero-order chi connectivity index (χ0) is 21.7. The molecule has 5 nitrogen and oxygen atoms in total. The lowest BCUT2D eigenvalue weighted by Crippen LogP contribution is -2.48. The number of rotatable bonds is 9. The number of carboxylic acids is 2. The summed E-state index contributed by atoms with van der Waals surface area (Å²) in [5.41, 5.74) is 2.93. The number of fused-ring (bicyclic) bond motifs is 1. The molecule has 156 valence electrons. The number of hydrogen-bond donors (Lipinski definition) is 3. The summed E-state index contributed by atoms with van der Waals surface area (Å²) in [5.74, 6) is -1.94. The molecule has 0 fully saturated rings. The Bertz CT molecular complexity index is 1040. The Hall–Kier alpha value is -3.18. The van der Waals surface area contributed by atoms with Crippen LogP contribution in [0.4, 0.5) is 0 Å². The lowest BCUT2D eigenvalue weighted by Gasteiger charge is -2.22. The van der Waals surface area contributed by atoms with Gasteiger partial charge in [0.1, 0.15) is 12.1 Å². The first-order valence-corrected chi connectivity index (χ1v) is 10.1. The number of benzene rings is 3. The molecule has 0 spiro atoms. The lowest BCUT2D eigenvalue weighted by molar-refractivity contribution is -0.142. The predicted molar refractivity (Wildman–Crippen MR) is 119 cm³/mol. The van der Waals surface area contributed by atoms with E-state index in [9.17, 15) is 19.8 Å². The second kappa shape index (κ2) is 9.55. The molecule has 3 N–H and O–H groups in total. The van der Waals surface area contributed by atoms with Crippen LogP contribution in [0.5, 0.6) is 0 Å². The maximum absolute atomic E-state index is 11.8. The molecule has 3 aromatic rings. The van der Waals surface area contributed by atoms with Crippen molar-refractivity contribution >= 4 is 22.7 Å². The van der Waals surface area contributed by atoms with Gasteiger partial charge in [0.15, 0.2) is 0 Å². The molecule has 0 bridgehead atoms. The molecule has 0 aliphatic rings. The highest BCUT2D eigenvalue weighted by Crippen LogP contribution is 2.29. The van der Waals surface area contributed by atoms with Gasteiger partial charge in [-0.25, -0.2) is 0 Å². The molecule has 0 aliphatic heterocycles. The second-order valence-electron chi connectivity index (χ2n) is 8.01. The largest absolute Gasteiger partial charge is 0.480 e. The van der Waals surface area contributed by atoms with Gasteiger partial charge in [-0.3, -0.25) is 14.9 Å². The summed E-state index contributed by atoms with van der Waals surface area (Å²) in [7, 11) is 0. The molecule has 3 aromatic carbocycles. The van der Waals surface area contributed by atoms with Gasteiger partial charge in [-0.05, 0) is 46.2 Å². The third-order valence-electron chi connectivity index (χ3n) is 5.17. The van der Waals surface area contributed by atoms with Crippen LogP contribution in [-0.2, 0) is 16.0 Å². The van der Waals surface area contributed by atoms with Crippen molar-refractivity contribution in [2.24, 2.45) is 5.92 Å². The number of carboxylic acid groups (broad SMARTS) is 2. The van der Waals surface area contributed by atoms with E-state index in [4.69, 9.17) is 0 Å². The molecule has 0 heterocycles. The van der Waals surface area contributed by atoms with Gasteiger partial charge in [-0.2, -0.15) is 0 Å². The second-order valence-corrected chi connectivity index (χ2v) is 8.01. The standard InChI is InChI=1S/C25H27NO4/c1-16(2)13-22(24(27)28)26-23(25(29)30)15-17-7-5-10-19(14-17)21-12-6-9-18-8-3-4-11-20(18)21/h3-12,14,16,22-23,26H,13,15H2,1-2H3,(H,27,28)(H,29,30)/t22-,23?/m0/s1. The van der Waals surface area contributed by atoms with Crippen molar-refractivity contribution in [3.05, 3.63) is 72.3 Å². The summed E-state index contributed by atoms with van der Waals surface area (Å²) < 4.78 is 0. The van der Waals surface area contributed by atoms with E-state index in [0.29, 0.717) is 6.42 Å². The average molecular weight is 405 g/mol. The summed E-state index contributed by atoms with van der Waals surface area (Å²) >= 11 is 0. The number of aliphatic carboxylic acids is 2. The van der Waals surface area contributed by atoms with E-state index in [1.54, 1.807) is 0 Å². The van der Waals surface area contributed by atoms with Crippen LogP contribution in [0, 0.1) is 5.92 Å². The van der Waals surface area contributed by atoms with Gasteiger partial charge >= 0.3 is 11.9 Å². The van der Waals surface area contributed by atoms with E-state index in [-0.39, 0.29) is 12.3 Å². The highest BCUT2D eigenvalue weighted by atomic mass is 16.4. The molecule has 0 saturated carbocycles. The Morgan fingerprint density at radius 1 is 0.867 bits per heavy atom. The number of nitrogens with one attached hydrogen (secondary N) is 1. The Morgan fingerprint density at radius 3 is 2.23 bits per heavy atom. The van der Waals surface area contributed by atoms with Gasteiger partial charge in [0, 0.05) is 0 Å². The fraction of sp³-hybridized carbons (Fsp3) is 0.280. The number of carbonyl (C=O) groups is 2. The van der Waals surface area contributed by atoms with Crippen LogP contribution in [-0.4, -0.2) is 34.2 Å². The smallest absolute Gasteiger partial charge is 0.321 e. The molecule has 30 heavy (non-hydrogen) atoms. The van der Waals surface area contributed by atoms with Crippen LogP contribution in [0.2, 0.25) is 0 Å². The predicted octanol–water partition coefficient (Wildman–Crippen LogP) is 4.59. The first-order valence-electron chi connectivity index (χ1n) is 10.1. The summed E-state index contributed by atoms with van der Waals surface area (Å²) in [6.45, 7) is 3.84. The van der Waals surface area contributed by atoms with E-state index in [1.165, 1.54) is 0 Å². The molecule has 0 aliphatic carbocycles. The van der Waals surface area contributed by atoms with E-state index < -0.39 is 24.0 Å². The molecular weight excluding hydrogens is 378 g/mol. The van der Waals surface area contributed by atoms with E-state index in [0.717, 1.165) is 27.5 Å². The van der Waals surface area contributed by atoms with Crippen LogP contribution < -0.4 is 5.32 Å². The number of hydrogen-bond acceptors (Lipinski definition) is 3. The zero-order valence-electron chi connectivity index (χ0n) is 17.2. The Balaban J connectivity index is 1.87. The normalized spacial score (nSPS) is 13.3. The van der Waals surface area contributed by atoms with Gasteiger partial charge in [-0.15, -0.1) is 0 Å². The molecule has 1 unspecified atom stereocenters. The fourth-order valence-electron chi connectivity index (χ4n) is 3.75. The lowest BCUT2D eigenvalue weighted by atomic mass is 9.95. The Morgan fingerprint density at radius 2 is 1.53 bits per heavy atom. The Kier molecular flexibility index (Phi) is 6.85. The Labute approximate surface area is 176 Å². The monoisotopic (exact) mass is 405 g/mol. The molecule has 0 saturated heterocycles.